The summed E-state index contributed by atoms with van der Waals surface area (Å²) in [7, 11) is 0. The minimum atomic E-state index is 0.765. The van der Waals surface area contributed by atoms with Crippen LogP contribution in [0.1, 0.15) is 60.3 Å². The Morgan fingerprint density at radius 2 is 1.85 bits per heavy atom. The Morgan fingerprint density at radius 3 is 2.31 bits per heavy atom. The van der Waals surface area contributed by atoms with Gasteiger partial charge in [-0.1, -0.05) is 52.2 Å². The summed E-state index contributed by atoms with van der Waals surface area (Å²) in [6, 6.07) is 0. The molecule has 2 unspecified atom stereocenters. The van der Waals surface area contributed by atoms with Gasteiger partial charge in [-0.05, 0) is 31.6 Å². The highest BCUT2D eigenvalue weighted by Gasteiger charge is 2.05. The molecule has 0 fully saturated rings. The second-order valence-electron chi connectivity index (χ2n) is 4.47. The highest BCUT2D eigenvalue weighted by atomic mass is 14.1. The van der Waals surface area contributed by atoms with E-state index < -0.39 is 0 Å². The molecule has 0 spiro atoms. The van der Waals surface area contributed by atoms with Crippen LogP contribution in [-0.2, 0) is 0 Å². The van der Waals surface area contributed by atoms with Crippen LogP contribution in [0.3, 0.4) is 0 Å². The predicted molar refractivity (Wildman–Crippen MR) is 61.9 cm³/mol. The first kappa shape index (κ1) is 12.7. The van der Waals surface area contributed by atoms with Crippen LogP contribution in [0.15, 0.2) is 11.6 Å². The van der Waals surface area contributed by atoms with Gasteiger partial charge in [-0.3, -0.25) is 0 Å². The molecule has 0 aliphatic carbocycles. The van der Waals surface area contributed by atoms with E-state index in [1.807, 2.05) is 0 Å². The molecule has 0 rings (SSSR count). The molecule has 78 valence electrons. The van der Waals surface area contributed by atoms with E-state index in [-0.39, 0.29) is 0 Å². The second kappa shape index (κ2) is 7.17. The molecule has 0 saturated heterocycles. The largest absolute Gasteiger partial charge is 0.0828 e. The zero-order chi connectivity index (χ0) is 10.3. The van der Waals surface area contributed by atoms with E-state index in [1.165, 1.54) is 31.3 Å². The Morgan fingerprint density at radius 1 is 1.23 bits per heavy atom. The molecule has 0 bridgehead atoms. The fourth-order valence-electron chi connectivity index (χ4n) is 1.92. The van der Waals surface area contributed by atoms with Crippen molar-refractivity contribution < 1.29 is 0 Å². The first-order chi connectivity index (χ1) is 6.10. The summed E-state index contributed by atoms with van der Waals surface area (Å²) < 4.78 is 0. The zero-order valence-corrected chi connectivity index (χ0v) is 10.1. The molecular weight excluding hydrogens is 156 g/mol. The van der Waals surface area contributed by atoms with Crippen LogP contribution in [-0.4, -0.2) is 0 Å². The van der Waals surface area contributed by atoms with Crippen LogP contribution in [0.2, 0.25) is 0 Å². The average Bonchev–Trinajstić information content (AvgIpc) is 2.04. The second-order valence-corrected chi connectivity index (χ2v) is 4.47. The Labute approximate surface area is 84.4 Å². The van der Waals surface area contributed by atoms with E-state index in [0.29, 0.717) is 0 Å². The van der Waals surface area contributed by atoms with Crippen LogP contribution in [0, 0.1) is 11.8 Å². The van der Waals surface area contributed by atoms with Gasteiger partial charge in [0.2, 0.25) is 0 Å². The quantitative estimate of drug-likeness (QED) is 0.517. The monoisotopic (exact) mass is 182 g/mol. The van der Waals surface area contributed by atoms with Crippen molar-refractivity contribution in [2.75, 3.05) is 0 Å². The fraction of sp³-hybridized carbons (Fsp3) is 0.846. The van der Waals surface area contributed by atoms with Gasteiger partial charge < -0.3 is 0 Å². The van der Waals surface area contributed by atoms with Gasteiger partial charge in [0.1, 0.15) is 0 Å². The third kappa shape index (κ3) is 6.86. The molecule has 0 aromatic rings. The van der Waals surface area contributed by atoms with Crippen molar-refractivity contribution in [3.63, 3.8) is 0 Å². The van der Waals surface area contributed by atoms with E-state index in [2.05, 4.69) is 40.7 Å². The van der Waals surface area contributed by atoms with Gasteiger partial charge in [-0.25, -0.2) is 0 Å². The van der Waals surface area contributed by atoms with Crippen LogP contribution in [0.5, 0.6) is 0 Å². The molecule has 0 nitrogen and oxygen atoms in total. The maximum absolute atomic E-state index is 2.44. The van der Waals surface area contributed by atoms with E-state index in [9.17, 15) is 0 Å². The van der Waals surface area contributed by atoms with Crippen LogP contribution < -0.4 is 0 Å². The third-order valence-corrected chi connectivity index (χ3v) is 2.68. The summed E-state index contributed by atoms with van der Waals surface area (Å²) >= 11 is 0. The van der Waals surface area contributed by atoms with Gasteiger partial charge in [0.25, 0.3) is 0 Å². The lowest BCUT2D eigenvalue weighted by molar-refractivity contribution is 0.433. The Bertz CT molecular complexity index is 144. The van der Waals surface area contributed by atoms with Crippen molar-refractivity contribution in [3.8, 4) is 0 Å². The van der Waals surface area contributed by atoms with Crippen LogP contribution >= 0.6 is 0 Å². The van der Waals surface area contributed by atoms with Crippen molar-refractivity contribution in [2.45, 2.75) is 60.3 Å². The SMILES string of the molecule is CCCC(C)CC(C)C=C(C)CC. The molecule has 0 aliphatic rings. The molecule has 0 aromatic carbocycles. The highest BCUT2D eigenvalue weighted by molar-refractivity contribution is 4.99. The zero-order valence-electron chi connectivity index (χ0n) is 10.1. The van der Waals surface area contributed by atoms with Gasteiger partial charge in [-0.2, -0.15) is 0 Å². The molecule has 0 N–H and O–H groups in total. The number of allylic oxidation sites excluding steroid dienone is 2. The van der Waals surface area contributed by atoms with Crippen LogP contribution in [0.4, 0.5) is 0 Å². The lowest BCUT2D eigenvalue weighted by atomic mass is 9.92. The summed E-state index contributed by atoms with van der Waals surface area (Å²) in [5, 5.41) is 0. The standard InChI is InChI=1S/C13H26/c1-6-8-12(4)10-13(5)9-11(3)7-2/h9,12-13H,6-8,10H2,1-5H3. The summed E-state index contributed by atoms with van der Waals surface area (Å²) in [4.78, 5) is 0. The fourth-order valence-corrected chi connectivity index (χ4v) is 1.92. The van der Waals surface area contributed by atoms with Crippen LogP contribution in [0.25, 0.3) is 0 Å². The van der Waals surface area contributed by atoms with Gasteiger partial charge in [0, 0.05) is 0 Å². The van der Waals surface area contributed by atoms with Gasteiger partial charge in [0.05, 0.1) is 0 Å². The Kier molecular flexibility index (Phi) is 7.03. The lowest BCUT2D eigenvalue weighted by Crippen LogP contribution is -2.01. The molecule has 0 radical (unpaired) electrons. The summed E-state index contributed by atoms with van der Waals surface area (Å²) in [6.45, 7) is 11.4. The molecule has 2 atom stereocenters. The molecule has 0 amide bonds. The molecule has 0 saturated carbocycles. The maximum Gasteiger partial charge on any atom is -0.0257 e. The lowest BCUT2D eigenvalue weighted by Gasteiger charge is -2.14. The van der Waals surface area contributed by atoms with Crippen molar-refractivity contribution in [2.24, 2.45) is 11.8 Å². The smallest absolute Gasteiger partial charge is 0.0257 e. The number of rotatable bonds is 6. The average molecular weight is 182 g/mol. The van der Waals surface area contributed by atoms with Gasteiger partial charge >= 0.3 is 0 Å². The van der Waals surface area contributed by atoms with Crippen molar-refractivity contribution in [1.29, 1.82) is 0 Å². The summed E-state index contributed by atoms with van der Waals surface area (Å²) in [5.74, 6) is 1.66. The molecular formula is C13H26. The molecule has 0 heterocycles. The molecule has 0 aromatic heterocycles. The highest BCUT2D eigenvalue weighted by Crippen LogP contribution is 2.19. The topological polar surface area (TPSA) is 0 Å². The molecule has 13 heavy (non-hydrogen) atoms. The first-order valence-corrected chi connectivity index (χ1v) is 5.77. The molecule has 0 aliphatic heterocycles. The molecule has 0 heteroatoms. The van der Waals surface area contributed by atoms with Gasteiger partial charge in [-0.15, -0.1) is 0 Å². The minimum absolute atomic E-state index is 0.765. The number of hydrogen-bond donors (Lipinski definition) is 0. The number of hydrogen-bond acceptors (Lipinski definition) is 0. The third-order valence-electron chi connectivity index (χ3n) is 2.68. The summed E-state index contributed by atoms with van der Waals surface area (Å²) in [5.41, 5.74) is 1.54. The van der Waals surface area contributed by atoms with E-state index in [1.54, 1.807) is 0 Å². The van der Waals surface area contributed by atoms with Crippen molar-refractivity contribution in [1.82, 2.24) is 0 Å². The van der Waals surface area contributed by atoms with E-state index in [0.717, 1.165) is 11.8 Å². The van der Waals surface area contributed by atoms with E-state index in [4.69, 9.17) is 0 Å². The predicted octanol–water partition coefficient (Wildman–Crippen LogP) is 4.81. The Balaban J connectivity index is 3.79. The summed E-state index contributed by atoms with van der Waals surface area (Å²) in [6.07, 6.45) is 7.69. The normalized spacial score (nSPS) is 17.2. The van der Waals surface area contributed by atoms with E-state index >= 15 is 0 Å². The Hall–Kier alpha value is -0.260. The minimum Gasteiger partial charge on any atom is -0.0828 e. The van der Waals surface area contributed by atoms with Crippen molar-refractivity contribution in [3.05, 3.63) is 11.6 Å². The van der Waals surface area contributed by atoms with Gasteiger partial charge in [0.15, 0.2) is 0 Å². The van der Waals surface area contributed by atoms with Crippen molar-refractivity contribution >= 4 is 0 Å². The maximum atomic E-state index is 2.44. The first-order valence-electron chi connectivity index (χ1n) is 5.77.